The van der Waals surface area contributed by atoms with Crippen LogP contribution in [0, 0.1) is 0 Å². The van der Waals surface area contributed by atoms with Gasteiger partial charge in [-0.05, 0) is 29.7 Å². The molecule has 0 heterocycles. The third-order valence-corrected chi connectivity index (χ3v) is 2.33. The van der Waals surface area contributed by atoms with E-state index in [2.05, 4.69) is 0 Å². The van der Waals surface area contributed by atoms with Crippen LogP contribution >= 0.6 is 0 Å². The molecular weight excluding hydrogens is 194 g/mol. The molecule has 1 unspecified atom stereocenters. The van der Waals surface area contributed by atoms with Crippen LogP contribution < -0.4 is 10.5 Å². The molecular formula is C11H15NO3. The molecule has 82 valence electrons. The number of ether oxygens (including phenoxy) is 1. The van der Waals surface area contributed by atoms with Crippen molar-refractivity contribution in [3.63, 3.8) is 0 Å². The van der Waals surface area contributed by atoms with E-state index in [0.717, 1.165) is 12.0 Å². The average Bonchev–Trinajstić information content (AvgIpc) is 2.27. The monoisotopic (exact) mass is 209 g/mol. The number of benzene rings is 1. The van der Waals surface area contributed by atoms with Crippen LogP contribution in [-0.2, 0) is 11.2 Å². The van der Waals surface area contributed by atoms with Crippen LogP contribution in [0.15, 0.2) is 18.2 Å². The number of carbonyl (C=O) groups is 1. The average molecular weight is 209 g/mol. The standard InChI is InChI=1S/C11H15NO3/c1-3-7-6-8(15-2)4-5-9(7)10(12)11(13)14/h4-6,10H,3,12H2,1-2H3,(H,13,14). The molecule has 1 rings (SSSR count). The fourth-order valence-corrected chi connectivity index (χ4v) is 1.45. The summed E-state index contributed by atoms with van der Waals surface area (Å²) in [5.41, 5.74) is 7.12. The Kier molecular flexibility index (Phi) is 3.68. The Morgan fingerprint density at radius 1 is 1.60 bits per heavy atom. The summed E-state index contributed by atoms with van der Waals surface area (Å²) in [6.45, 7) is 1.95. The number of hydrogen-bond acceptors (Lipinski definition) is 3. The zero-order valence-corrected chi connectivity index (χ0v) is 8.86. The van der Waals surface area contributed by atoms with Gasteiger partial charge in [0, 0.05) is 0 Å². The third kappa shape index (κ3) is 2.47. The SMILES string of the molecule is CCc1cc(OC)ccc1C(N)C(=O)O. The first kappa shape index (κ1) is 11.5. The Labute approximate surface area is 88.7 Å². The van der Waals surface area contributed by atoms with Crippen molar-refractivity contribution >= 4 is 5.97 Å². The largest absolute Gasteiger partial charge is 0.497 e. The summed E-state index contributed by atoms with van der Waals surface area (Å²) in [6.07, 6.45) is 0.730. The molecule has 0 bridgehead atoms. The van der Waals surface area contributed by atoms with Gasteiger partial charge in [0.05, 0.1) is 7.11 Å². The topological polar surface area (TPSA) is 72.5 Å². The first-order valence-electron chi connectivity index (χ1n) is 4.75. The van der Waals surface area contributed by atoms with Crippen LogP contribution in [0.5, 0.6) is 5.75 Å². The van der Waals surface area contributed by atoms with Gasteiger partial charge in [0.2, 0.25) is 0 Å². The highest BCUT2D eigenvalue weighted by molar-refractivity contribution is 5.75. The molecule has 4 heteroatoms. The van der Waals surface area contributed by atoms with Crippen LogP contribution in [-0.4, -0.2) is 18.2 Å². The van der Waals surface area contributed by atoms with Gasteiger partial charge in [-0.3, -0.25) is 4.79 Å². The summed E-state index contributed by atoms with van der Waals surface area (Å²) in [4.78, 5) is 10.8. The zero-order valence-electron chi connectivity index (χ0n) is 8.86. The Bertz CT molecular complexity index is 363. The summed E-state index contributed by atoms with van der Waals surface area (Å²) in [7, 11) is 1.57. The van der Waals surface area contributed by atoms with E-state index in [1.165, 1.54) is 0 Å². The van der Waals surface area contributed by atoms with Gasteiger partial charge < -0.3 is 15.6 Å². The van der Waals surface area contributed by atoms with Gasteiger partial charge in [-0.2, -0.15) is 0 Å². The summed E-state index contributed by atoms with van der Waals surface area (Å²) < 4.78 is 5.06. The number of carboxylic acids is 1. The Morgan fingerprint density at radius 3 is 2.73 bits per heavy atom. The minimum Gasteiger partial charge on any atom is -0.497 e. The molecule has 15 heavy (non-hydrogen) atoms. The number of nitrogens with two attached hydrogens (primary N) is 1. The highest BCUT2D eigenvalue weighted by atomic mass is 16.5. The lowest BCUT2D eigenvalue weighted by molar-refractivity contribution is -0.138. The second-order valence-corrected chi connectivity index (χ2v) is 3.23. The predicted octanol–water partition coefficient (Wildman–Crippen LogP) is 1.34. The van der Waals surface area contributed by atoms with Gasteiger partial charge >= 0.3 is 5.97 Å². The molecule has 0 fully saturated rings. The first-order chi connectivity index (χ1) is 7.10. The molecule has 0 saturated heterocycles. The fourth-order valence-electron chi connectivity index (χ4n) is 1.45. The van der Waals surface area contributed by atoms with Gasteiger partial charge in [-0.1, -0.05) is 13.0 Å². The van der Waals surface area contributed by atoms with E-state index in [1.807, 2.05) is 13.0 Å². The normalized spacial score (nSPS) is 12.2. The highest BCUT2D eigenvalue weighted by Crippen LogP contribution is 2.22. The van der Waals surface area contributed by atoms with Gasteiger partial charge in [0.25, 0.3) is 0 Å². The lowest BCUT2D eigenvalue weighted by Crippen LogP contribution is -2.22. The highest BCUT2D eigenvalue weighted by Gasteiger charge is 2.17. The fraction of sp³-hybridized carbons (Fsp3) is 0.364. The van der Waals surface area contributed by atoms with Crippen molar-refractivity contribution < 1.29 is 14.6 Å². The van der Waals surface area contributed by atoms with E-state index in [0.29, 0.717) is 11.3 Å². The molecule has 0 aromatic heterocycles. The molecule has 1 aromatic carbocycles. The van der Waals surface area contributed by atoms with Crippen molar-refractivity contribution in [2.45, 2.75) is 19.4 Å². The lowest BCUT2D eigenvalue weighted by atomic mass is 9.99. The van der Waals surface area contributed by atoms with Crippen molar-refractivity contribution in [3.8, 4) is 5.75 Å². The third-order valence-electron chi connectivity index (χ3n) is 2.33. The maximum absolute atomic E-state index is 10.8. The van der Waals surface area contributed by atoms with Crippen molar-refractivity contribution in [3.05, 3.63) is 29.3 Å². The number of carboxylic acid groups (broad SMARTS) is 1. The molecule has 1 aromatic rings. The molecule has 0 radical (unpaired) electrons. The van der Waals surface area contributed by atoms with E-state index in [4.69, 9.17) is 15.6 Å². The summed E-state index contributed by atoms with van der Waals surface area (Å²) in [5, 5.41) is 8.83. The van der Waals surface area contributed by atoms with Gasteiger partial charge in [0.1, 0.15) is 11.8 Å². The smallest absolute Gasteiger partial charge is 0.325 e. The molecule has 0 amide bonds. The van der Waals surface area contributed by atoms with Crippen molar-refractivity contribution in [2.24, 2.45) is 5.73 Å². The van der Waals surface area contributed by atoms with E-state index >= 15 is 0 Å². The second kappa shape index (κ2) is 4.79. The van der Waals surface area contributed by atoms with Crippen LogP contribution in [0.4, 0.5) is 0 Å². The van der Waals surface area contributed by atoms with E-state index in [9.17, 15) is 4.79 Å². The maximum Gasteiger partial charge on any atom is 0.325 e. The van der Waals surface area contributed by atoms with E-state index in [-0.39, 0.29) is 0 Å². The van der Waals surface area contributed by atoms with Crippen LogP contribution in [0.2, 0.25) is 0 Å². The lowest BCUT2D eigenvalue weighted by Gasteiger charge is -2.13. The number of methoxy groups -OCH3 is 1. The molecule has 0 aliphatic heterocycles. The van der Waals surface area contributed by atoms with Crippen LogP contribution in [0.25, 0.3) is 0 Å². The van der Waals surface area contributed by atoms with Crippen LogP contribution in [0.1, 0.15) is 24.1 Å². The molecule has 0 aliphatic carbocycles. The quantitative estimate of drug-likeness (QED) is 0.784. The molecule has 0 saturated carbocycles. The van der Waals surface area contributed by atoms with E-state index in [1.54, 1.807) is 19.2 Å². The van der Waals surface area contributed by atoms with Gasteiger partial charge in [0.15, 0.2) is 0 Å². The number of aliphatic carboxylic acids is 1. The molecule has 3 N–H and O–H groups in total. The van der Waals surface area contributed by atoms with Crippen molar-refractivity contribution in [1.29, 1.82) is 0 Å². The predicted molar refractivity (Wildman–Crippen MR) is 56.9 cm³/mol. The maximum atomic E-state index is 10.8. The number of aryl methyl sites for hydroxylation is 1. The molecule has 0 aliphatic rings. The van der Waals surface area contributed by atoms with Crippen molar-refractivity contribution in [2.75, 3.05) is 7.11 Å². The molecule has 1 atom stereocenters. The molecule has 4 nitrogen and oxygen atoms in total. The summed E-state index contributed by atoms with van der Waals surface area (Å²) in [5.74, 6) is -0.303. The number of rotatable bonds is 4. The van der Waals surface area contributed by atoms with Crippen LogP contribution in [0.3, 0.4) is 0 Å². The zero-order chi connectivity index (χ0) is 11.4. The summed E-state index contributed by atoms with van der Waals surface area (Å²) >= 11 is 0. The second-order valence-electron chi connectivity index (χ2n) is 3.23. The first-order valence-corrected chi connectivity index (χ1v) is 4.75. The van der Waals surface area contributed by atoms with Crippen molar-refractivity contribution in [1.82, 2.24) is 0 Å². The molecule has 0 spiro atoms. The minimum absolute atomic E-state index is 0.644. The van der Waals surface area contributed by atoms with E-state index < -0.39 is 12.0 Å². The minimum atomic E-state index is -1.02. The number of hydrogen-bond donors (Lipinski definition) is 2. The van der Waals surface area contributed by atoms with Gasteiger partial charge in [-0.25, -0.2) is 0 Å². The Morgan fingerprint density at radius 2 is 2.27 bits per heavy atom. The van der Waals surface area contributed by atoms with Gasteiger partial charge in [-0.15, -0.1) is 0 Å². The Hall–Kier alpha value is -1.55. The Balaban J connectivity index is 3.12. The summed E-state index contributed by atoms with van der Waals surface area (Å²) in [6, 6.07) is 4.28.